The first-order valence-electron chi connectivity index (χ1n) is 8.72. The van der Waals surface area contributed by atoms with Gasteiger partial charge in [-0.2, -0.15) is 12.7 Å². The molecule has 0 saturated carbocycles. The molecule has 1 fully saturated rings. The fourth-order valence-corrected chi connectivity index (χ4v) is 3.43. The molecule has 0 spiro atoms. The van der Waals surface area contributed by atoms with Gasteiger partial charge in [0.25, 0.3) is 0 Å². The molecule has 8 heteroatoms. The molecule has 0 atom stereocenters. The Bertz CT molecular complexity index is 814. The van der Waals surface area contributed by atoms with Gasteiger partial charge < -0.3 is 10.2 Å². The predicted octanol–water partition coefficient (Wildman–Crippen LogP) is 3.03. The molecular formula is C18H25N5O2S. The van der Waals surface area contributed by atoms with Gasteiger partial charge in [-0.05, 0) is 55.7 Å². The van der Waals surface area contributed by atoms with Crippen molar-refractivity contribution in [1.29, 1.82) is 0 Å². The standard InChI is InChI=1S/C18H25N5O2S/c1-22(2)26(24,25)21-16-8-11-18(19-14-16)20-15-6-9-17(10-7-15)23-12-4-3-5-13-23/h6-11,14,21H,3-5,12-13H2,1-2H3,(H,19,20). The van der Waals surface area contributed by atoms with Crippen LogP contribution in [-0.2, 0) is 10.2 Å². The zero-order valence-corrected chi connectivity index (χ0v) is 16.0. The SMILES string of the molecule is CN(C)S(=O)(=O)Nc1ccc(Nc2ccc(N3CCCCC3)cc2)nc1. The summed E-state index contributed by atoms with van der Waals surface area (Å²) in [5.74, 6) is 0.656. The zero-order valence-electron chi connectivity index (χ0n) is 15.1. The molecule has 2 heterocycles. The first-order chi connectivity index (χ1) is 12.4. The van der Waals surface area contributed by atoms with Crippen molar-refractivity contribution in [2.75, 3.05) is 42.1 Å². The maximum atomic E-state index is 11.8. The summed E-state index contributed by atoms with van der Waals surface area (Å²) in [5, 5.41) is 3.23. The summed E-state index contributed by atoms with van der Waals surface area (Å²) < 4.78 is 27.2. The average Bonchev–Trinajstić information content (AvgIpc) is 2.64. The largest absolute Gasteiger partial charge is 0.372 e. The van der Waals surface area contributed by atoms with E-state index in [1.54, 1.807) is 12.1 Å². The lowest BCUT2D eigenvalue weighted by molar-refractivity contribution is 0.527. The van der Waals surface area contributed by atoms with E-state index in [4.69, 9.17) is 0 Å². The first-order valence-corrected chi connectivity index (χ1v) is 10.2. The van der Waals surface area contributed by atoms with Crippen LogP contribution in [0.25, 0.3) is 0 Å². The second-order valence-electron chi connectivity index (χ2n) is 6.54. The molecule has 0 amide bonds. The van der Waals surface area contributed by atoms with Crippen LogP contribution in [0.5, 0.6) is 0 Å². The van der Waals surface area contributed by atoms with Crippen LogP contribution in [0.4, 0.5) is 22.9 Å². The second-order valence-corrected chi connectivity index (χ2v) is 8.43. The van der Waals surface area contributed by atoms with Crippen molar-refractivity contribution in [3.63, 3.8) is 0 Å². The Labute approximate surface area is 155 Å². The predicted molar refractivity (Wildman–Crippen MR) is 106 cm³/mol. The highest BCUT2D eigenvalue weighted by molar-refractivity contribution is 7.90. The molecule has 26 heavy (non-hydrogen) atoms. The lowest BCUT2D eigenvalue weighted by Gasteiger charge is -2.28. The highest BCUT2D eigenvalue weighted by Crippen LogP contribution is 2.23. The van der Waals surface area contributed by atoms with Gasteiger partial charge in [-0.1, -0.05) is 0 Å². The monoisotopic (exact) mass is 375 g/mol. The smallest absolute Gasteiger partial charge is 0.301 e. The van der Waals surface area contributed by atoms with Crippen molar-refractivity contribution >= 4 is 33.1 Å². The highest BCUT2D eigenvalue weighted by atomic mass is 32.2. The number of piperidine rings is 1. The molecule has 1 aliphatic heterocycles. The average molecular weight is 375 g/mol. The summed E-state index contributed by atoms with van der Waals surface area (Å²) in [7, 11) is -0.577. The van der Waals surface area contributed by atoms with E-state index in [0.29, 0.717) is 11.5 Å². The molecule has 0 aliphatic carbocycles. The summed E-state index contributed by atoms with van der Waals surface area (Å²) in [5.41, 5.74) is 2.61. The fourth-order valence-electron chi connectivity index (χ4n) is 2.82. The zero-order chi connectivity index (χ0) is 18.6. The number of aromatic nitrogens is 1. The Morgan fingerprint density at radius 3 is 2.19 bits per heavy atom. The summed E-state index contributed by atoms with van der Waals surface area (Å²) in [6.07, 6.45) is 5.33. The van der Waals surface area contributed by atoms with E-state index in [1.807, 2.05) is 12.1 Å². The minimum Gasteiger partial charge on any atom is -0.372 e. The van der Waals surface area contributed by atoms with Crippen LogP contribution >= 0.6 is 0 Å². The Balaban J connectivity index is 1.62. The molecule has 1 saturated heterocycles. The quantitative estimate of drug-likeness (QED) is 0.811. The fraction of sp³-hybridized carbons (Fsp3) is 0.389. The minimum absolute atomic E-state index is 0.421. The Morgan fingerprint density at radius 1 is 0.962 bits per heavy atom. The van der Waals surface area contributed by atoms with Gasteiger partial charge >= 0.3 is 10.2 Å². The number of benzene rings is 1. The van der Waals surface area contributed by atoms with Crippen LogP contribution in [0.1, 0.15) is 19.3 Å². The van der Waals surface area contributed by atoms with Crippen LogP contribution < -0.4 is 14.9 Å². The van der Waals surface area contributed by atoms with E-state index in [-0.39, 0.29) is 0 Å². The molecule has 0 unspecified atom stereocenters. The second kappa shape index (κ2) is 7.92. The number of pyridine rings is 1. The van der Waals surface area contributed by atoms with Crippen molar-refractivity contribution in [2.24, 2.45) is 0 Å². The topological polar surface area (TPSA) is 77.6 Å². The Hall–Kier alpha value is -2.32. The highest BCUT2D eigenvalue weighted by Gasteiger charge is 2.13. The van der Waals surface area contributed by atoms with E-state index >= 15 is 0 Å². The van der Waals surface area contributed by atoms with Crippen molar-refractivity contribution in [3.05, 3.63) is 42.6 Å². The van der Waals surface area contributed by atoms with Gasteiger partial charge in [-0.25, -0.2) is 4.98 Å². The van der Waals surface area contributed by atoms with Gasteiger partial charge in [-0.3, -0.25) is 4.72 Å². The maximum Gasteiger partial charge on any atom is 0.301 e. The van der Waals surface area contributed by atoms with Gasteiger partial charge in [0.15, 0.2) is 0 Å². The normalized spacial score (nSPS) is 15.1. The van der Waals surface area contributed by atoms with Crippen molar-refractivity contribution in [3.8, 4) is 0 Å². The van der Waals surface area contributed by atoms with Gasteiger partial charge in [0.2, 0.25) is 0 Å². The Morgan fingerprint density at radius 2 is 1.62 bits per heavy atom. The summed E-state index contributed by atoms with van der Waals surface area (Å²) in [6.45, 7) is 2.25. The summed E-state index contributed by atoms with van der Waals surface area (Å²) in [6, 6.07) is 11.7. The van der Waals surface area contributed by atoms with Gasteiger partial charge in [0.1, 0.15) is 5.82 Å². The molecule has 0 bridgehead atoms. The van der Waals surface area contributed by atoms with Gasteiger partial charge in [-0.15, -0.1) is 0 Å². The van der Waals surface area contributed by atoms with Crippen LogP contribution in [-0.4, -0.2) is 44.9 Å². The van der Waals surface area contributed by atoms with E-state index in [0.717, 1.165) is 23.1 Å². The lowest BCUT2D eigenvalue weighted by atomic mass is 10.1. The maximum absolute atomic E-state index is 11.8. The number of nitrogens with zero attached hydrogens (tertiary/aromatic N) is 3. The first kappa shape index (κ1) is 18.5. The van der Waals surface area contributed by atoms with Crippen LogP contribution in [0.2, 0.25) is 0 Å². The molecule has 2 aromatic rings. The molecular weight excluding hydrogens is 350 g/mol. The number of rotatable bonds is 6. The number of hydrogen-bond acceptors (Lipinski definition) is 5. The third-order valence-corrected chi connectivity index (χ3v) is 5.81. The Kier molecular flexibility index (Phi) is 5.63. The number of anilines is 4. The molecule has 7 nitrogen and oxygen atoms in total. The molecule has 2 N–H and O–H groups in total. The van der Waals surface area contributed by atoms with Crippen LogP contribution in [0.3, 0.4) is 0 Å². The van der Waals surface area contributed by atoms with E-state index in [2.05, 4.69) is 32.1 Å². The number of nitrogens with one attached hydrogen (secondary N) is 2. The van der Waals surface area contributed by atoms with E-state index in [1.165, 1.54) is 45.2 Å². The third kappa shape index (κ3) is 4.64. The van der Waals surface area contributed by atoms with E-state index in [9.17, 15) is 8.42 Å². The minimum atomic E-state index is -3.52. The van der Waals surface area contributed by atoms with Gasteiger partial charge in [0.05, 0.1) is 11.9 Å². The van der Waals surface area contributed by atoms with Crippen molar-refractivity contribution in [1.82, 2.24) is 9.29 Å². The van der Waals surface area contributed by atoms with Crippen LogP contribution in [0, 0.1) is 0 Å². The van der Waals surface area contributed by atoms with Crippen molar-refractivity contribution < 1.29 is 8.42 Å². The molecule has 140 valence electrons. The molecule has 1 aromatic heterocycles. The summed E-state index contributed by atoms with van der Waals surface area (Å²) >= 11 is 0. The third-order valence-electron chi connectivity index (χ3n) is 4.35. The summed E-state index contributed by atoms with van der Waals surface area (Å²) in [4.78, 5) is 6.68. The number of hydrogen-bond donors (Lipinski definition) is 2. The van der Waals surface area contributed by atoms with Gasteiger partial charge in [0, 0.05) is 38.6 Å². The molecule has 1 aromatic carbocycles. The van der Waals surface area contributed by atoms with E-state index < -0.39 is 10.2 Å². The lowest BCUT2D eigenvalue weighted by Crippen LogP contribution is -2.29. The molecule has 3 rings (SSSR count). The molecule has 1 aliphatic rings. The van der Waals surface area contributed by atoms with Crippen molar-refractivity contribution in [2.45, 2.75) is 19.3 Å². The molecule has 0 radical (unpaired) electrons. The van der Waals surface area contributed by atoms with Crippen LogP contribution in [0.15, 0.2) is 42.6 Å².